The Balaban J connectivity index is 1.29. The standard InChI is InChI=1S/C29H26FN5O2/c30-26-8-2-1-6-24(26)27-15-25(23-7-5-10-32-29(23)34-27)21-14-20(16-31-17-21)22-18-33-35(19-22)11-13-37-28-9-3-4-12-36-28/h1-2,5-8,10,14-19,28H,3-4,9,11-13H2. The molecule has 5 aromatic rings. The van der Waals surface area contributed by atoms with Crippen molar-refractivity contribution in [2.75, 3.05) is 13.2 Å². The van der Waals surface area contributed by atoms with Crippen molar-refractivity contribution in [2.45, 2.75) is 32.1 Å². The highest BCUT2D eigenvalue weighted by atomic mass is 19.1. The third kappa shape index (κ3) is 5.12. The first kappa shape index (κ1) is 23.4. The van der Waals surface area contributed by atoms with Crippen LogP contribution in [-0.4, -0.2) is 44.2 Å². The van der Waals surface area contributed by atoms with Gasteiger partial charge >= 0.3 is 0 Å². The second kappa shape index (κ2) is 10.5. The molecule has 186 valence electrons. The van der Waals surface area contributed by atoms with E-state index in [1.165, 1.54) is 6.07 Å². The summed E-state index contributed by atoms with van der Waals surface area (Å²) in [4.78, 5) is 13.6. The third-order valence-corrected chi connectivity index (χ3v) is 6.51. The number of hydrogen-bond acceptors (Lipinski definition) is 6. The number of halogens is 1. The molecule has 37 heavy (non-hydrogen) atoms. The predicted molar refractivity (Wildman–Crippen MR) is 139 cm³/mol. The van der Waals surface area contributed by atoms with Crippen LogP contribution in [-0.2, 0) is 16.0 Å². The van der Waals surface area contributed by atoms with Gasteiger partial charge in [-0.25, -0.2) is 14.4 Å². The minimum atomic E-state index is -0.324. The molecular formula is C29H26FN5O2. The predicted octanol–water partition coefficient (Wildman–Crippen LogP) is 5.90. The molecule has 1 fully saturated rings. The van der Waals surface area contributed by atoms with Gasteiger partial charge in [0, 0.05) is 59.0 Å². The Kier molecular flexibility index (Phi) is 6.66. The van der Waals surface area contributed by atoms with Gasteiger partial charge in [-0.05, 0) is 61.2 Å². The van der Waals surface area contributed by atoms with Crippen LogP contribution < -0.4 is 0 Å². The molecule has 1 unspecified atom stereocenters. The van der Waals surface area contributed by atoms with Crippen LogP contribution in [0.4, 0.5) is 4.39 Å². The molecule has 7 nitrogen and oxygen atoms in total. The Morgan fingerprint density at radius 2 is 1.89 bits per heavy atom. The molecule has 4 aromatic heterocycles. The Hall–Kier alpha value is -4.01. The SMILES string of the molecule is Fc1ccccc1-c1cc(-c2cncc(-c3cnn(CCOC4CCCCO4)c3)c2)c2cccnc2n1. The van der Waals surface area contributed by atoms with E-state index in [1.807, 2.05) is 41.5 Å². The lowest BCUT2D eigenvalue weighted by Crippen LogP contribution is -2.24. The van der Waals surface area contributed by atoms with Crippen LogP contribution in [0.15, 0.2) is 79.5 Å². The Morgan fingerprint density at radius 1 is 0.973 bits per heavy atom. The number of rotatable bonds is 7. The van der Waals surface area contributed by atoms with Gasteiger partial charge in [0.1, 0.15) is 5.82 Å². The maximum atomic E-state index is 14.6. The summed E-state index contributed by atoms with van der Waals surface area (Å²) in [6.45, 7) is 1.95. The van der Waals surface area contributed by atoms with Crippen LogP contribution in [0.5, 0.6) is 0 Å². The van der Waals surface area contributed by atoms with E-state index < -0.39 is 0 Å². The van der Waals surface area contributed by atoms with Crippen LogP contribution >= 0.6 is 0 Å². The Labute approximate surface area is 213 Å². The van der Waals surface area contributed by atoms with Crippen molar-refractivity contribution >= 4 is 11.0 Å². The summed E-state index contributed by atoms with van der Waals surface area (Å²) >= 11 is 0. The maximum Gasteiger partial charge on any atom is 0.160 e. The Bertz CT molecular complexity index is 1530. The number of fused-ring (bicyclic) bond motifs is 1. The van der Waals surface area contributed by atoms with Crippen LogP contribution in [0.25, 0.3) is 44.5 Å². The second-order valence-corrected chi connectivity index (χ2v) is 9.03. The molecule has 1 aliphatic heterocycles. The smallest absolute Gasteiger partial charge is 0.160 e. The molecule has 0 saturated carbocycles. The van der Waals surface area contributed by atoms with Crippen molar-refractivity contribution in [1.29, 1.82) is 0 Å². The van der Waals surface area contributed by atoms with Gasteiger partial charge in [0.05, 0.1) is 25.0 Å². The molecule has 0 amide bonds. The monoisotopic (exact) mass is 495 g/mol. The van der Waals surface area contributed by atoms with Crippen molar-refractivity contribution in [3.05, 3.63) is 85.3 Å². The van der Waals surface area contributed by atoms with E-state index in [4.69, 9.17) is 9.47 Å². The van der Waals surface area contributed by atoms with Gasteiger partial charge in [0.2, 0.25) is 0 Å². The van der Waals surface area contributed by atoms with E-state index in [-0.39, 0.29) is 12.1 Å². The quantitative estimate of drug-likeness (QED) is 0.280. The minimum Gasteiger partial charge on any atom is -0.353 e. The van der Waals surface area contributed by atoms with Crippen molar-refractivity contribution in [3.63, 3.8) is 0 Å². The molecule has 1 aliphatic rings. The van der Waals surface area contributed by atoms with Crippen LogP contribution in [0, 0.1) is 5.82 Å². The van der Waals surface area contributed by atoms with Gasteiger partial charge in [0.25, 0.3) is 0 Å². The summed E-state index contributed by atoms with van der Waals surface area (Å²) in [7, 11) is 0. The highest BCUT2D eigenvalue weighted by molar-refractivity contribution is 5.95. The van der Waals surface area contributed by atoms with Gasteiger partial charge in [-0.15, -0.1) is 0 Å². The zero-order chi connectivity index (χ0) is 25.0. The summed E-state index contributed by atoms with van der Waals surface area (Å²) < 4.78 is 27.9. The fourth-order valence-corrected chi connectivity index (χ4v) is 4.60. The summed E-state index contributed by atoms with van der Waals surface area (Å²) in [5.74, 6) is -0.324. The highest BCUT2D eigenvalue weighted by Gasteiger charge is 2.15. The molecule has 1 saturated heterocycles. The van der Waals surface area contributed by atoms with Crippen LogP contribution in [0.3, 0.4) is 0 Å². The normalized spacial score (nSPS) is 15.8. The van der Waals surface area contributed by atoms with Gasteiger partial charge < -0.3 is 9.47 Å². The van der Waals surface area contributed by atoms with Gasteiger partial charge in [0.15, 0.2) is 11.9 Å². The van der Waals surface area contributed by atoms with Gasteiger partial charge in [-0.1, -0.05) is 12.1 Å². The fourth-order valence-electron chi connectivity index (χ4n) is 4.60. The summed E-state index contributed by atoms with van der Waals surface area (Å²) in [5, 5.41) is 5.37. The van der Waals surface area contributed by atoms with Gasteiger partial charge in [-0.2, -0.15) is 5.10 Å². The first-order valence-corrected chi connectivity index (χ1v) is 12.5. The average molecular weight is 496 g/mol. The number of aromatic nitrogens is 5. The van der Waals surface area contributed by atoms with Crippen molar-refractivity contribution < 1.29 is 13.9 Å². The number of pyridine rings is 3. The van der Waals surface area contributed by atoms with Crippen molar-refractivity contribution in [3.8, 4) is 33.5 Å². The number of ether oxygens (including phenoxy) is 2. The van der Waals surface area contributed by atoms with Crippen LogP contribution in [0.1, 0.15) is 19.3 Å². The number of nitrogens with zero attached hydrogens (tertiary/aromatic N) is 5. The summed E-state index contributed by atoms with van der Waals surface area (Å²) in [5.41, 5.74) is 5.18. The lowest BCUT2D eigenvalue weighted by atomic mass is 9.99. The molecule has 0 N–H and O–H groups in total. The number of benzene rings is 1. The Morgan fingerprint density at radius 3 is 2.78 bits per heavy atom. The molecule has 1 aromatic carbocycles. The molecule has 1 atom stereocenters. The lowest BCUT2D eigenvalue weighted by molar-refractivity contribution is -0.163. The minimum absolute atomic E-state index is 0.108. The van der Waals surface area contributed by atoms with Crippen molar-refractivity contribution in [1.82, 2.24) is 24.7 Å². The lowest BCUT2D eigenvalue weighted by Gasteiger charge is -2.22. The largest absolute Gasteiger partial charge is 0.353 e. The van der Waals surface area contributed by atoms with Gasteiger partial charge in [-0.3, -0.25) is 9.67 Å². The van der Waals surface area contributed by atoms with E-state index in [9.17, 15) is 4.39 Å². The topological polar surface area (TPSA) is 75.0 Å². The molecule has 8 heteroatoms. The molecule has 6 rings (SSSR count). The molecule has 0 radical (unpaired) electrons. The zero-order valence-corrected chi connectivity index (χ0v) is 20.3. The zero-order valence-electron chi connectivity index (χ0n) is 20.3. The third-order valence-electron chi connectivity index (χ3n) is 6.51. The summed E-state index contributed by atoms with van der Waals surface area (Å²) in [6.07, 6.45) is 12.2. The average Bonchev–Trinajstić information content (AvgIpc) is 3.42. The van der Waals surface area contributed by atoms with E-state index in [0.717, 1.165) is 53.5 Å². The fraction of sp³-hybridized carbons (Fsp3) is 0.241. The highest BCUT2D eigenvalue weighted by Crippen LogP contribution is 2.33. The molecule has 0 spiro atoms. The van der Waals surface area contributed by atoms with E-state index in [1.54, 1.807) is 30.6 Å². The first-order chi connectivity index (χ1) is 18.2. The molecule has 0 bridgehead atoms. The molecule has 5 heterocycles. The summed E-state index contributed by atoms with van der Waals surface area (Å²) in [6, 6.07) is 14.4. The van der Waals surface area contributed by atoms with Crippen LogP contribution in [0.2, 0.25) is 0 Å². The van der Waals surface area contributed by atoms with E-state index in [0.29, 0.717) is 30.1 Å². The second-order valence-electron chi connectivity index (χ2n) is 9.03. The first-order valence-electron chi connectivity index (χ1n) is 12.5. The molecular weight excluding hydrogens is 469 g/mol. The van der Waals surface area contributed by atoms with E-state index in [2.05, 4.69) is 26.1 Å². The maximum absolute atomic E-state index is 14.6. The van der Waals surface area contributed by atoms with Crippen molar-refractivity contribution in [2.24, 2.45) is 0 Å². The van der Waals surface area contributed by atoms with E-state index >= 15 is 0 Å². The molecule has 0 aliphatic carbocycles. The number of hydrogen-bond donors (Lipinski definition) is 0.